The maximum absolute atomic E-state index is 14.4. The summed E-state index contributed by atoms with van der Waals surface area (Å²) in [4.78, 5) is 22.7. The highest BCUT2D eigenvalue weighted by molar-refractivity contribution is 6.02. The Bertz CT molecular complexity index is 1290. The van der Waals surface area contributed by atoms with E-state index in [0.717, 1.165) is 64.6 Å². The Morgan fingerprint density at radius 1 is 1.05 bits per heavy atom. The van der Waals surface area contributed by atoms with Gasteiger partial charge in [0.1, 0.15) is 12.1 Å². The minimum Gasteiger partial charge on any atom is -0.451 e. The monoisotopic (exact) mass is 612 g/mol. The SMILES string of the molecule is NCCCCCCCCNCC1CCC(n2cc(N(CC3CC3)c3cc(NC(=O)c4cocn4)ccn3)c(C(F)F)n2)CC1. The van der Waals surface area contributed by atoms with Gasteiger partial charge in [-0.05, 0) is 88.9 Å². The van der Waals surface area contributed by atoms with Gasteiger partial charge in [0, 0.05) is 30.7 Å². The molecule has 0 aliphatic heterocycles. The molecular formula is C32H46F2N8O2. The van der Waals surface area contributed by atoms with Crippen LogP contribution in [-0.2, 0) is 0 Å². The number of aromatic nitrogens is 4. The van der Waals surface area contributed by atoms with E-state index >= 15 is 0 Å². The van der Waals surface area contributed by atoms with Crippen LogP contribution >= 0.6 is 0 Å². The summed E-state index contributed by atoms with van der Waals surface area (Å²) in [5.74, 6) is 1.07. The third-order valence-electron chi connectivity index (χ3n) is 8.75. The second kappa shape index (κ2) is 16.1. The van der Waals surface area contributed by atoms with E-state index in [0.29, 0.717) is 35.6 Å². The van der Waals surface area contributed by atoms with Gasteiger partial charge >= 0.3 is 0 Å². The van der Waals surface area contributed by atoms with Crippen LogP contribution in [0.4, 0.5) is 26.0 Å². The number of anilines is 3. The van der Waals surface area contributed by atoms with Crippen LogP contribution < -0.4 is 21.3 Å². The van der Waals surface area contributed by atoms with Crippen molar-refractivity contribution >= 4 is 23.1 Å². The largest absolute Gasteiger partial charge is 0.451 e. The maximum atomic E-state index is 14.4. The molecule has 0 radical (unpaired) electrons. The van der Waals surface area contributed by atoms with E-state index < -0.39 is 12.3 Å². The van der Waals surface area contributed by atoms with Gasteiger partial charge in [0.05, 0.1) is 11.7 Å². The number of oxazole rings is 1. The lowest BCUT2D eigenvalue weighted by molar-refractivity contribution is 0.102. The molecule has 0 aromatic carbocycles. The lowest BCUT2D eigenvalue weighted by atomic mass is 9.86. The first-order chi connectivity index (χ1) is 21.5. The smallest absolute Gasteiger partial charge is 0.284 e. The molecule has 0 unspecified atom stereocenters. The van der Waals surface area contributed by atoms with Crippen LogP contribution in [0.25, 0.3) is 0 Å². The average molecular weight is 613 g/mol. The van der Waals surface area contributed by atoms with Crippen LogP contribution in [-0.4, -0.2) is 51.8 Å². The van der Waals surface area contributed by atoms with Crippen LogP contribution in [0.5, 0.6) is 0 Å². The van der Waals surface area contributed by atoms with E-state index in [1.807, 2.05) is 4.90 Å². The summed E-state index contributed by atoms with van der Waals surface area (Å²) in [5, 5.41) is 10.9. The van der Waals surface area contributed by atoms with E-state index in [4.69, 9.17) is 10.2 Å². The predicted molar refractivity (Wildman–Crippen MR) is 166 cm³/mol. The molecule has 3 aromatic heterocycles. The van der Waals surface area contributed by atoms with Gasteiger partial charge in [-0.25, -0.2) is 18.7 Å². The van der Waals surface area contributed by atoms with Gasteiger partial charge in [-0.2, -0.15) is 5.10 Å². The summed E-state index contributed by atoms with van der Waals surface area (Å²) in [6.07, 6.45) is 16.5. The Balaban J connectivity index is 1.19. The molecule has 2 aliphatic rings. The molecule has 44 heavy (non-hydrogen) atoms. The van der Waals surface area contributed by atoms with Crippen molar-refractivity contribution in [3.8, 4) is 0 Å². The fraction of sp³-hybridized carbons (Fsp3) is 0.625. The standard InChI is InChI=1S/C32H46F2N8O2/c33-31(34)30-28(20-42(40-30)26-11-9-23(10-12-26)18-36-15-6-4-2-1-3-5-14-35)41(19-24-7-8-24)29-17-25(13-16-37-29)39-32(43)27-21-44-22-38-27/h13,16-17,20-24,26,31,36H,1-12,14-15,18-19,35H2,(H,37,39,43). The molecule has 0 saturated heterocycles. The number of alkyl halides is 2. The van der Waals surface area contributed by atoms with Crippen molar-refractivity contribution in [3.05, 3.63) is 48.6 Å². The lowest BCUT2D eigenvalue weighted by Crippen LogP contribution is -2.28. The van der Waals surface area contributed by atoms with Gasteiger partial charge < -0.3 is 25.7 Å². The van der Waals surface area contributed by atoms with Crippen molar-refractivity contribution in [1.29, 1.82) is 0 Å². The van der Waals surface area contributed by atoms with Crippen molar-refractivity contribution in [2.24, 2.45) is 17.6 Å². The van der Waals surface area contributed by atoms with Gasteiger partial charge in [0.15, 0.2) is 17.8 Å². The Morgan fingerprint density at radius 3 is 2.50 bits per heavy atom. The van der Waals surface area contributed by atoms with Crippen molar-refractivity contribution in [3.63, 3.8) is 0 Å². The molecule has 0 atom stereocenters. The van der Waals surface area contributed by atoms with E-state index in [-0.39, 0.29) is 17.4 Å². The number of unbranched alkanes of at least 4 members (excludes halogenated alkanes) is 5. The van der Waals surface area contributed by atoms with Gasteiger partial charge in [-0.3, -0.25) is 9.48 Å². The first kappa shape index (κ1) is 32.0. The van der Waals surface area contributed by atoms with Gasteiger partial charge in [-0.1, -0.05) is 25.7 Å². The molecule has 2 fully saturated rings. The molecule has 2 saturated carbocycles. The minimum atomic E-state index is -2.72. The summed E-state index contributed by atoms with van der Waals surface area (Å²) < 4.78 is 35.5. The number of rotatable bonds is 18. The number of amides is 1. The topological polar surface area (TPSA) is 127 Å². The fourth-order valence-electron chi connectivity index (χ4n) is 6.00. The zero-order valence-electron chi connectivity index (χ0n) is 25.5. The van der Waals surface area contributed by atoms with Crippen LogP contribution in [0.3, 0.4) is 0 Å². The number of hydrogen-bond donors (Lipinski definition) is 3. The quantitative estimate of drug-likeness (QED) is 0.137. The van der Waals surface area contributed by atoms with Crippen molar-refractivity contribution in [2.75, 3.05) is 36.4 Å². The van der Waals surface area contributed by atoms with Gasteiger partial charge in [-0.15, -0.1) is 0 Å². The number of carbonyl (C=O) groups is 1. The number of nitrogens with two attached hydrogens (primary N) is 1. The number of hydrogen-bond acceptors (Lipinski definition) is 8. The number of halogens is 2. The lowest BCUT2D eigenvalue weighted by Gasteiger charge is -2.29. The van der Waals surface area contributed by atoms with Crippen molar-refractivity contribution in [1.82, 2.24) is 25.1 Å². The highest BCUT2D eigenvalue weighted by Gasteiger charge is 2.32. The van der Waals surface area contributed by atoms with Crippen LogP contribution in [0.15, 0.2) is 41.6 Å². The number of nitrogens with one attached hydrogen (secondary N) is 2. The molecule has 10 nitrogen and oxygen atoms in total. The zero-order chi connectivity index (χ0) is 30.7. The minimum absolute atomic E-state index is 0.0924. The third kappa shape index (κ3) is 9.07. The molecule has 12 heteroatoms. The molecule has 3 aromatic rings. The summed E-state index contributed by atoms with van der Waals surface area (Å²) in [6.45, 7) is 3.41. The van der Waals surface area contributed by atoms with E-state index in [1.54, 1.807) is 29.2 Å². The summed E-state index contributed by atoms with van der Waals surface area (Å²) in [6, 6.07) is 3.45. The van der Waals surface area contributed by atoms with Crippen LogP contribution in [0, 0.1) is 11.8 Å². The average Bonchev–Trinajstić information content (AvgIpc) is 3.48. The summed E-state index contributed by atoms with van der Waals surface area (Å²) in [7, 11) is 0. The Labute approximate surface area is 258 Å². The second-order valence-electron chi connectivity index (χ2n) is 12.3. The second-order valence-corrected chi connectivity index (χ2v) is 12.3. The first-order valence-electron chi connectivity index (χ1n) is 16.2. The Hall–Kier alpha value is -3.38. The number of pyridine rings is 1. The predicted octanol–water partition coefficient (Wildman–Crippen LogP) is 6.62. The third-order valence-corrected chi connectivity index (χ3v) is 8.75. The van der Waals surface area contributed by atoms with Gasteiger partial charge in [0.2, 0.25) is 0 Å². The van der Waals surface area contributed by atoms with E-state index in [1.165, 1.54) is 44.8 Å². The molecular weight excluding hydrogens is 566 g/mol. The highest BCUT2D eigenvalue weighted by Crippen LogP contribution is 2.40. The zero-order valence-corrected chi connectivity index (χ0v) is 25.5. The molecule has 5 rings (SSSR count). The normalized spacial score (nSPS) is 18.5. The van der Waals surface area contributed by atoms with Crippen LogP contribution in [0.1, 0.15) is 106 Å². The van der Waals surface area contributed by atoms with Crippen LogP contribution in [0.2, 0.25) is 0 Å². The highest BCUT2D eigenvalue weighted by atomic mass is 19.3. The van der Waals surface area contributed by atoms with E-state index in [2.05, 4.69) is 25.7 Å². The molecule has 3 heterocycles. The van der Waals surface area contributed by atoms with Crippen molar-refractivity contribution in [2.45, 2.75) is 89.5 Å². The van der Waals surface area contributed by atoms with Gasteiger partial charge in [0.25, 0.3) is 12.3 Å². The maximum Gasteiger partial charge on any atom is 0.284 e. The summed E-state index contributed by atoms with van der Waals surface area (Å²) >= 11 is 0. The number of carbonyl (C=O) groups excluding carboxylic acids is 1. The first-order valence-corrected chi connectivity index (χ1v) is 16.2. The molecule has 2 aliphatic carbocycles. The number of nitrogens with zero attached hydrogens (tertiary/aromatic N) is 5. The molecule has 1 amide bonds. The summed E-state index contributed by atoms with van der Waals surface area (Å²) in [5.41, 5.74) is 6.35. The van der Waals surface area contributed by atoms with Crippen molar-refractivity contribution < 1.29 is 18.0 Å². The molecule has 0 bridgehead atoms. The molecule has 0 spiro atoms. The Morgan fingerprint density at radius 2 is 1.80 bits per heavy atom. The Kier molecular flexibility index (Phi) is 11.7. The molecule has 4 N–H and O–H groups in total. The molecule has 240 valence electrons. The fourth-order valence-corrected chi connectivity index (χ4v) is 6.00. The van der Waals surface area contributed by atoms with E-state index in [9.17, 15) is 13.6 Å².